The van der Waals surface area contributed by atoms with E-state index in [1.54, 1.807) is 30.3 Å². The Labute approximate surface area is 248 Å². The van der Waals surface area contributed by atoms with E-state index in [1.807, 2.05) is 86.6 Å². The van der Waals surface area contributed by atoms with Crippen LogP contribution >= 0.6 is 0 Å². The van der Waals surface area contributed by atoms with Gasteiger partial charge in [0.1, 0.15) is 12.6 Å². The van der Waals surface area contributed by atoms with Crippen LogP contribution in [-0.2, 0) is 39.0 Å². The number of hydrogen-bond acceptors (Lipinski definition) is 4. The van der Waals surface area contributed by atoms with Crippen LogP contribution < -0.4 is 9.62 Å². The highest BCUT2D eigenvalue weighted by Crippen LogP contribution is 2.28. The van der Waals surface area contributed by atoms with Crippen LogP contribution in [-0.4, -0.2) is 44.3 Å². The van der Waals surface area contributed by atoms with E-state index >= 15 is 0 Å². The zero-order valence-electron chi connectivity index (χ0n) is 24.0. The second kappa shape index (κ2) is 14.5. The number of aryl methyl sites for hydroxylation is 1. The van der Waals surface area contributed by atoms with Crippen molar-refractivity contribution >= 4 is 27.5 Å². The summed E-state index contributed by atoms with van der Waals surface area (Å²) in [6.07, 6.45) is 0.858. The zero-order valence-corrected chi connectivity index (χ0v) is 24.8. The van der Waals surface area contributed by atoms with Gasteiger partial charge in [-0.2, -0.15) is 0 Å². The fraction of sp³-hybridized carbons (Fsp3) is 0.235. The van der Waals surface area contributed by atoms with Crippen LogP contribution in [0.15, 0.2) is 120 Å². The molecule has 0 bridgehead atoms. The Morgan fingerprint density at radius 1 is 0.738 bits per heavy atom. The van der Waals surface area contributed by atoms with Crippen molar-refractivity contribution in [3.63, 3.8) is 0 Å². The zero-order chi connectivity index (χ0) is 30.0. The number of carbonyl (C=O) groups is 2. The molecular weight excluding hydrogens is 546 g/mol. The molecule has 2 amide bonds. The number of rotatable bonds is 13. The molecule has 42 heavy (non-hydrogen) atoms. The minimum Gasteiger partial charge on any atom is -0.355 e. The van der Waals surface area contributed by atoms with Crippen LogP contribution in [0.5, 0.6) is 0 Å². The Morgan fingerprint density at radius 2 is 1.29 bits per heavy atom. The van der Waals surface area contributed by atoms with Crippen molar-refractivity contribution in [2.45, 2.75) is 44.2 Å². The smallest absolute Gasteiger partial charge is 0.264 e. The minimum absolute atomic E-state index is 0.0860. The van der Waals surface area contributed by atoms with Crippen LogP contribution in [0.2, 0.25) is 0 Å². The standard InChI is InChI=1S/C34H37N3O4S/c1-3-29-20-14-15-23-31(29)37(42(40,41)30-21-12-7-13-22-30)26-33(38)36(25-28-18-10-6-11-19-28)32(34(39)35-4-2)24-27-16-8-5-9-17-27/h5-23,32H,3-4,24-26H2,1-2H3,(H,35,39)/t32-/m0/s1. The van der Waals surface area contributed by atoms with Crippen molar-refractivity contribution in [3.05, 3.63) is 132 Å². The van der Waals surface area contributed by atoms with Gasteiger partial charge in [0.25, 0.3) is 10.0 Å². The Bertz CT molecular complexity index is 1560. The van der Waals surface area contributed by atoms with Crippen LogP contribution in [0, 0.1) is 0 Å². The van der Waals surface area contributed by atoms with Gasteiger partial charge in [-0.15, -0.1) is 0 Å². The van der Waals surface area contributed by atoms with Crippen LogP contribution in [0.1, 0.15) is 30.5 Å². The number of likely N-dealkylation sites (N-methyl/N-ethyl adjacent to an activating group) is 1. The fourth-order valence-electron chi connectivity index (χ4n) is 4.91. The van der Waals surface area contributed by atoms with E-state index in [-0.39, 0.29) is 23.8 Å². The summed E-state index contributed by atoms with van der Waals surface area (Å²) in [6.45, 7) is 3.85. The summed E-state index contributed by atoms with van der Waals surface area (Å²) < 4.78 is 29.4. The molecule has 0 aliphatic rings. The van der Waals surface area contributed by atoms with Crippen LogP contribution in [0.3, 0.4) is 0 Å². The molecule has 0 saturated carbocycles. The number of hydrogen-bond donors (Lipinski definition) is 1. The highest BCUT2D eigenvalue weighted by Gasteiger charge is 2.35. The predicted molar refractivity (Wildman–Crippen MR) is 166 cm³/mol. The van der Waals surface area contributed by atoms with E-state index in [4.69, 9.17) is 0 Å². The van der Waals surface area contributed by atoms with Crippen molar-refractivity contribution in [3.8, 4) is 0 Å². The van der Waals surface area contributed by atoms with E-state index in [1.165, 1.54) is 21.3 Å². The lowest BCUT2D eigenvalue weighted by Gasteiger charge is -2.34. The first-order valence-corrected chi connectivity index (χ1v) is 15.6. The lowest BCUT2D eigenvalue weighted by atomic mass is 10.0. The van der Waals surface area contributed by atoms with Gasteiger partial charge < -0.3 is 10.2 Å². The number of amides is 2. The monoisotopic (exact) mass is 583 g/mol. The summed E-state index contributed by atoms with van der Waals surface area (Å²) >= 11 is 0. The largest absolute Gasteiger partial charge is 0.355 e. The van der Waals surface area contributed by atoms with E-state index in [0.29, 0.717) is 18.7 Å². The number of anilines is 1. The number of para-hydroxylation sites is 1. The summed E-state index contributed by atoms with van der Waals surface area (Å²) in [5.41, 5.74) is 2.96. The van der Waals surface area contributed by atoms with Gasteiger partial charge in [-0.25, -0.2) is 8.42 Å². The maximum Gasteiger partial charge on any atom is 0.264 e. The topological polar surface area (TPSA) is 86.8 Å². The number of benzene rings is 4. The third kappa shape index (κ3) is 7.44. The average Bonchev–Trinajstić information content (AvgIpc) is 3.03. The van der Waals surface area contributed by atoms with Gasteiger partial charge in [0.05, 0.1) is 10.6 Å². The van der Waals surface area contributed by atoms with Gasteiger partial charge in [0.15, 0.2) is 0 Å². The summed E-state index contributed by atoms with van der Waals surface area (Å²) in [6, 6.07) is 33.4. The molecule has 0 saturated heterocycles. The summed E-state index contributed by atoms with van der Waals surface area (Å²) in [4.78, 5) is 29.5. The molecule has 1 N–H and O–H groups in total. The summed E-state index contributed by atoms with van der Waals surface area (Å²) in [5.74, 6) is -0.770. The molecule has 218 valence electrons. The van der Waals surface area contributed by atoms with Crippen LogP contribution in [0.25, 0.3) is 0 Å². The second-order valence-electron chi connectivity index (χ2n) is 9.91. The first-order chi connectivity index (χ1) is 20.3. The van der Waals surface area contributed by atoms with E-state index in [0.717, 1.165) is 16.7 Å². The number of sulfonamides is 1. The SMILES string of the molecule is CCNC(=O)[C@H](Cc1ccccc1)N(Cc1ccccc1)C(=O)CN(c1ccccc1CC)S(=O)(=O)c1ccccc1. The van der Waals surface area contributed by atoms with Crippen molar-refractivity contribution in [2.75, 3.05) is 17.4 Å². The first kappa shape index (κ1) is 30.5. The molecular formula is C34H37N3O4S. The lowest BCUT2D eigenvalue weighted by Crippen LogP contribution is -2.53. The highest BCUT2D eigenvalue weighted by molar-refractivity contribution is 7.92. The molecule has 0 spiro atoms. The molecule has 0 aromatic heterocycles. The first-order valence-electron chi connectivity index (χ1n) is 14.2. The van der Waals surface area contributed by atoms with Gasteiger partial charge in [-0.05, 0) is 48.2 Å². The number of nitrogens with zero attached hydrogens (tertiary/aromatic N) is 2. The molecule has 8 heteroatoms. The lowest BCUT2D eigenvalue weighted by molar-refractivity contribution is -0.140. The molecule has 0 radical (unpaired) electrons. The molecule has 0 aliphatic heterocycles. The molecule has 0 aliphatic carbocycles. The number of carbonyl (C=O) groups excluding carboxylic acids is 2. The molecule has 4 aromatic carbocycles. The second-order valence-corrected chi connectivity index (χ2v) is 11.8. The minimum atomic E-state index is -4.12. The average molecular weight is 584 g/mol. The number of nitrogens with one attached hydrogen (secondary N) is 1. The molecule has 4 rings (SSSR count). The Hall–Kier alpha value is -4.43. The molecule has 1 atom stereocenters. The van der Waals surface area contributed by atoms with Gasteiger partial charge in [0.2, 0.25) is 11.8 Å². The Kier molecular flexibility index (Phi) is 10.5. The molecule has 7 nitrogen and oxygen atoms in total. The van der Waals surface area contributed by atoms with E-state index < -0.39 is 28.5 Å². The molecule has 0 fully saturated rings. The third-order valence-corrected chi connectivity index (χ3v) is 8.84. The normalized spacial score (nSPS) is 11.9. The van der Waals surface area contributed by atoms with E-state index in [2.05, 4.69) is 5.32 Å². The third-order valence-electron chi connectivity index (χ3n) is 7.07. The van der Waals surface area contributed by atoms with Gasteiger partial charge in [-0.3, -0.25) is 13.9 Å². The van der Waals surface area contributed by atoms with E-state index in [9.17, 15) is 18.0 Å². The van der Waals surface area contributed by atoms with Crippen molar-refractivity contribution in [1.29, 1.82) is 0 Å². The van der Waals surface area contributed by atoms with Crippen molar-refractivity contribution < 1.29 is 18.0 Å². The highest BCUT2D eigenvalue weighted by atomic mass is 32.2. The summed E-state index contributed by atoms with van der Waals surface area (Å²) in [5, 5.41) is 2.88. The maximum atomic E-state index is 14.4. The Morgan fingerprint density at radius 3 is 1.88 bits per heavy atom. The van der Waals surface area contributed by atoms with Gasteiger partial charge in [0, 0.05) is 19.5 Å². The molecule has 4 aromatic rings. The predicted octanol–water partition coefficient (Wildman–Crippen LogP) is 5.22. The van der Waals surface area contributed by atoms with Crippen molar-refractivity contribution in [1.82, 2.24) is 10.2 Å². The van der Waals surface area contributed by atoms with Gasteiger partial charge in [-0.1, -0.05) is 104 Å². The Balaban J connectivity index is 1.80. The molecule has 0 heterocycles. The quantitative estimate of drug-likeness (QED) is 0.234. The van der Waals surface area contributed by atoms with Crippen molar-refractivity contribution in [2.24, 2.45) is 0 Å². The maximum absolute atomic E-state index is 14.4. The summed E-state index contributed by atoms with van der Waals surface area (Å²) in [7, 11) is -4.12. The fourth-order valence-corrected chi connectivity index (χ4v) is 6.39. The molecule has 0 unspecified atom stereocenters. The van der Waals surface area contributed by atoms with Crippen LogP contribution in [0.4, 0.5) is 5.69 Å². The van der Waals surface area contributed by atoms with Gasteiger partial charge >= 0.3 is 0 Å².